The second-order valence-corrected chi connectivity index (χ2v) is 7.28. The molecule has 1 aromatic heterocycles. The highest BCUT2D eigenvalue weighted by molar-refractivity contribution is 5.98. The lowest BCUT2D eigenvalue weighted by atomic mass is 9.94. The highest BCUT2D eigenvalue weighted by Crippen LogP contribution is 2.32. The first-order valence-corrected chi connectivity index (χ1v) is 9.85. The second-order valence-electron chi connectivity index (χ2n) is 7.28. The maximum Gasteiger partial charge on any atom is 0.260 e. The van der Waals surface area contributed by atoms with Gasteiger partial charge in [0.1, 0.15) is 5.75 Å². The molecule has 1 aromatic carbocycles. The average molecular weight is 382 g/mol. The molecule has 2 aromatic rings. The van der Waals surface area contributed by atoms with Gasteiger partial charge >= 0.3 is 0 Å². The van der Waals surface area contributed by atoms with E-state index in [2.05, 4.69) is 11.9 Å². The van der Waals surface area contributed by atoms with Crippen molar-refractivity contribution in [1.82, 2.24) is 9.88 Å². The maximum atomic E-state index is 13.2. The van der Waals surface area contributed by atoms with E-state index in [0.29, 0.717) is 37.0 Å². The van der Waals surface area contributed by atoms with Crippen LogP contribution >= 0.6 is 0 Å². The topological polar surface area (TPSA) is 60.9 Å². The van der Waals surface area contributed by atoms with Crippen LogP contribution in [0.5, 0.6) is 11.6 Å². The summed E-state index contributed by atoms with van der Waals surface area (Å²) in [7, 11) is 1.61. The van der Waals surface area contributed by atoms with Gasteiger partial charge in [-0.1, -0.05) is 13.0 Å². The molecule has 148 valence electrons. The predicted octanol–water partition coefficient (Wildman–Crippen LogP) is 3.21. The molecule has 1 unspecified atom stereocenters. The number of hydrogen-bond donors (Lipinski definition) is 0. The number of aryl methyl sites for hydroxylation is 1. The number of nitrogens with zero attached hydrogens (tertiary/aromatic N) is 2. The Bertz CT molecular complexity index is 844. The largest absolute Gasteiger partial charge is 0.481 e. The Balaban J connectivity index is 1.61. The Morgan fingerprint density at radius 1 is 1.29 bits per heavy atom. The zero-order chi connectivity index (χ0) is 19.5. The summed E-state index contributed by atoms with van der Waals surface area (Å²) in [5.74, 6) is 1.32. The van der Waals surface area contributed by atoms with Crippen LogP contribution in [0.25, 0.3) is 0 Å². The first-order valence-electron chi connectivity index (χ1n) is 9.85. The molecule has 4 rings (SSSR count). The van der Waals surface area contributed by atoms with Gasteiger partial charge in [0.25, 0.3) is 5.91 Å². The van der Waals surface area contributed by atoms with Crippen LogP contribution in [0, 0.1) is 0 Å². The number of hydrogen-bond acceptors (Lipinski definition) is 5. The number of methoxy groups -OCH3 is 1. The number of ether oxygens (including phenoxy) is 3. The Hall–Kier alpha value is -2.60. The van der Waals surface area contributed by atoms with Crippen LogP contribution in [-0.4, -0.2) is 48.9 Å². The van der Waals surface area contributed by atoms with Crippen LogP contribution in [0.1, 0.15) is 46.8 Å². The predicted molar refractivity (Wildman–Crippen MR) is 105 cm³/mol. The molecule has 1 saturated heterocycles. The molecule has 0 N–H and O–H groups in total. The van der Waals surface area contributed by atoms with Gasteiger partial charge in [-0.05, 0) is 54.5 Å². The van der Waals surface area contributed by atoms with E-state index in [-0.39, 0.29) is 11.9 Å². The lowest BCUT2D eigenvalue weighted by molar-refractivity contribution is -0.00993. The SMILES string of the molecule is CCc1cc2c(cc1Cc1ccc(OC)nc1)C(=O)N(C1CCCOC1)CO2. The molecule has 0 saturated carbocycles. The van der Waals surface area contributed by atoms with E-state index in [0.717, 1.165) is 37.0 Å². The van der Waals surface area contributed by atoms with Crippen LogP contribution in [0.15, 0.2) is 30.5 Å². The standard InChI is InChI=1S/C22H26N2O4/c1-3-16-11-20-19(10-17(16)9-15-6-7-21(26-2)23-12-15)22(25)24(14-28-20)18-5-4-8-27-13-18/h6-7,10-12,18H,3-5,8-9,13-14H2,1-2H3. The Morgan fingerprint density at radius 3 is 2.86 bits per heavy atom. The van der Waals surface area contributed by atoms with Crippen molar-refractivity contribution < 1.29 is 19.0 Å². The number of rotatable bonds is 5. The molecular formula is C22H26N2O4. The third-order valence-electron chi connectivity index (χ3n) is 5.51. The Morgan fingerprint density at radius 2 is 2.18 bits per heavy atom. The second kappa shape index (κ2) is 8.19. The van der Waals surface area contributed by atoms with Gasteiger partial charge in [0.05, 0.1) is 25.3 Å². The number of fused-ring (bicyclic) bond motifs is 1. The van der Waals surface area contributed by atoms with E-state index in [1.165, 1.54) is 5.56 Å². The van der Waals surface area contributed by atoms with E-state index in [1.54, 1.807) is 7.11 Å². The third kappa shape index (κ3) is 3.69. The molecule has 0 aliphatic carbocycles. The van der Waals surface area contributed by atoms with Gasteiger partial charge in [-0.3, -0.25) is 9.69 Å². The summed E-state index contributed by atoms with van der Waals surface area (Å²) in [4.78, 5) is 19.3. The molecule has 1 fully saturated rings. The minimum Gasteiger partial charge on any atom is -0.481 e. The van der Waals surface area contributed by atoms with Crippen molar-refractivity contribution in [2.45, 2.75) is 38.6 Å². The zero-order valence-corrected chi connectivity index (χ0v) is 16.4. The van der Waals surface area contributed by atoms with E-state index in [1.807, 2.05) is 35.4 Å². The molecule has 1 amide bonds. The van der Waals surface area contributed by atoms with Crippen LogP contribution in [0.3, 0.4) is 0 Å². The Labute approximate surface area is 165 Å². The fourth-order valence-electron chi connectivity index (χ4n) is 3.90. The number of benzene rings is 1. The van der Waals surface area contributed by atoms with Crippen molar-refractivity contribution in [3.8, 4) is 11.6 Å². The van der Waals surface area contributed by atoms with Crippen molar-refractivity contribution in [1.29, 1.82) is 0 Å². The molecule has 0 spiro atoms. The molecule has 28 heavy (non-hydrogen) atoms. The van der Waals surface area contributed by atoms with Crippen molar-refractivity contribution in [3.05, 3.63) is 52.7 Å². The minimum atomic E-state index is 0.0357. The maximum absolute atomic E-state index is 13.2. The molecule has 0 bridgehead atoms. The summed E-state index contributed by atoms with van der Waals surface area (Å²) in [6.07, 6.45) is 5.35. The fraction of sp³-hybridized carbons (Fsp3) is 0.455. The smallest absolute Gasteiger partial charge is 0.260 e. The summed E-state index contributed by atoms with van der Waals surface area (Å²) in [6, 6.07) is 7.98. The number of aromatic nitrogens is 1. The van der Waals surface area contributed by atoms with E-state index < -0.39 is 0 Å². The molecule has 3 heterocycles. The van der Waals surface area contributed by atoms with Crippen molar-refractivity contribution in [2.75, 3.05) is 27.1 Å². The zero-order valence-electron chi connectivity index (χ0n) is 16.4. The summed E-state index contributed by atoms with van der Waals surface area (Å²) >= 11 is 0. The van der Waals surface area contributed by atoms with Gasteiger partial charge in [-0.2, -0.15) is 0 Å². The molecule has 2 aliphatic heterocycles. The van der Waals surface area contributed by atoms with E-state index >= 15 is 0 Å². The van der Waals surface area contributed by atoms with Gasteiger partial charge < -0.3 is 14.2 Å². The number of carbonyl (C=O) groups is 1. The van der Waals surface area contributed by atoms with Crippen molar-refractivity contribution in [3.63, 3.8) is 0 Å². The molecule has 0 radical (unpaired) electrons. The first kappa shape index (κ1) is 18.7. The van der Waals surface area contributed by atoms with Gasteiger partial charge in [0.2, 0.25) is 5.88 Å². The fourth-order valence-corrected chi connectivity index (χ4v) is 3.90. The Kier molecular flexibility index (Phi) is 5.48. The van der Waals surface area contributed by atoms with Gasteiger partial charge in [0, 0.05) is 18.9 Å². The normalized spacial score (nSPS) is 19.1. The van der Waals surface area contributed by atoms with Gasteiger partial charge in [0.15, 0.2) is 6.73 Å². The van der Waals surface area contributed by atoms with Crippen LogP contribution in [-0.2, 0) is 17.6 Å². The minimum absolute atomic E-state index is 0.0357. The van der Waals surface area contributed by atoms with Gasteiger partial charge in [-0.15, -0.1) is 0 Å². The summed E-state index contributed by atoms with van der Waals surface area (Å²) in [5.41, 5.74) is 4.05. The van der Waals surface area contributed by atoms with Crippen molar-refractivity contribution >= 4 is 5.91 Å². The van der Waals surface area contributed by atoms with Crippen LogP contribution in [0.2, 0.25) is 0 Å². The van der Waals surface area contributed by atoms with Crippen LogP contribution in [0.4, 0.5) is 0 Å². The third-order valence-corrected chi connectivity index (χ3v) is 5.51. The highest BCUT2D eigenvalue weighted by Gasteiger charge is 2.33. The summed E-state index contributed by atoms with van der Waals surface area (Å²) < 4.78 is 16.7. The monoisotopic (exact) mass is 382 g/mol. The molecule has 2 aliphatic rings. The molecule has 6 nitrogen and oxygen atoms in total. The van der Waals surface area contributed by atoms with Crippen molar-refractivity contribution in [2.24, 2.45) is 0 Å². The first-order chi connectivity index (χ1) is 13.7. The number of amides is 1. The average Bonchev–Trinajstić information content (AvgIpc) is 2.75. The lowest BCUT2D eigenvalue weighted by Gasteiger charge is -2.37. The van der Waals surface area contributed by atoms with Crippen LogP contribution < -0.4 is 9.47 Å². The number of carbonyl (C=O) groups excluding carboxylic acids is 1. The number of pyridine rings is 1. The summed E-state index contributed by atoms with van der Waals surface area (Å²) in [5, 5.41) is 0. The molecule has 6 heteroatoms. The van der Waals surface area contributed by atoms with E-state index in [4.69, 9.17) is 14.2 Å². The van der Waals surface area contributed by atoms with E-state index in [9.17, 15) is 4.79 Å². The molecule has 1 atom stereocenters. The summed E-state index contributed by atoms with van der Waals surface area (Å²) in [6.45, 7) is 3.77. The quantitative estimate of drug-likeness (QED) is 0.795. The van der Waals surface area contributed by atoms with Gasteiger partial charge in [-0.25, -0.2) is 4.98 Å². The lowest BCUT2D eigenvalue weighted by Crippen LogP contribution is -2.49. The highest BCUT2D eigenvalue weighted by atomic mass is 16.5. The molecular weight excluding hydrogens is 356 g/mol.